The van der Waals surface area contributed by atoms with Crippen molar-refractivity contribution in [3.05, 3.63) is 42.5 Å². The summed E-state index contributed by atoms with van der Waals surface area (Å²) in [6, 6.07) is 1.69. The normalized spacial score (nSPS) is 12.4. The van der Waals surface area contributed by atoms with E-state index in [1.54, 1.807) is 6.20 Å². The molecule has 0 aromatic carbocycles. The molecule has 1 atom stereocenters. The van der Waals surface area contributed by atoms with Crippen molar-refractivity contribution in [2.24, 2.45) is 0 Å². The van der Waals surface area contributed by atoms with Gasteiger partial charge in [0.25, 0.3) is 0 Å². The SMILES string of the molecule is C=CCCC(NCC)c1cncc(F)c1. The van der Waals surface area contributed by atoms with Gasteiger partial charge in [0.15, 0.2) is 0 Å². The zero-order chi connectivity index (χ0) is 11.1. The minimum atomic E-state index is -0.283. The average molecular weight is 208 g/mol. The van der Waals surface area contributed by atoms with E-state index in [2.05, 4.69) is 16.9 Å². The topological polar surface area (TPSA) is 24.9 Å². The smallest absolute Gasteiger partial charge is 0.141 e. The van der Waals surface area contributed by atoms with Crippen molar-refractivity contribution < 1.29 is 4.39 Å². The first-order valence-electron chi connectivity index (χ1n) is 5.22. The molecule has 0 aliphatic carbocycles. The van der Waals surface area contributed by atoms with Crippen molar-refractivity contribution in [3.63, 3.8) is 0 Å². The molecule has 0 amide bonds. The zero-order valence-electron chi connectivity index (χ0n) is 9.04. The number of aromatic nitrogens is 1. The fraction of sp³-hybridized carbons (Fsp3) is 0.417. The number of rotatable bonds is 6. The van der Waals surface area contributed by atoms with E-state index in [0.29, 0.717) is 0 Å². The lowest BCUT2D eigenvalue weighted by molar-refractivity contribution is 0.512. The highest BCUT2D eigenvalue weighted by Crippen LogP contribution is 2.18. The van der Waals surface area contributed by atoms with E-state index in [1.165, 1.54) is 12.3 Å². The number of nitrogens with one attached hydrogen (secondary N) is 1. The lowest BCUT2D eigenvalue weighted by Gasteiger charge is -2.17. The van der Waals surface area contributed by atoms with Crippen LogP contribution in [-0.4, -0.2) is 11.5 Å². The van der Waals surface area contributed by atoms with E-state index in [1.807, 2.05) is 13.0 Å². The second kappa shape index (κ2) is 6.30. The van der Waals surface area contributed by atoms with Crippen molar-refractivity contribution in [3.8, 4) is 0 Å². The molecule has 1 unspecified atom stereocenters. The first-order valence-corrected chi connectivity index (χ1v) is 5.22. The van der Waals surface area contributed by atoms with Gasteiger partial charge < -0.3 is 5.32 Å². The Labute approximate surface area is 90.2 Å². The maximum absolute atomic E-state index is 13.0. The molecule has 0 bridgehead atoms. The molecule has 3 heteroatoms. The van der Waals surface area contributed by atoms with E-state index in [0.717, 1.165) is 24.9 Å². The predicted octanol–water partition coefficient (Wildman–Crippen LogP) is 2.84. The molecule has 1 N–H and O–H groups in total. The molecule has 0 aliphatic rings. The minimum absolute atomic E-state index is 0.163. The minimum Gasteiger partial charge on any atom is -0.310 e. The Morgan fingerprint density at radius 2 is 2.40 bits per heavy atom. The van der Waals surface area contributed by atoms with Gasteiger partial charge in [0.05, 0.1) is 6.20 Å². The van der Waals surface area contributed by atoms with Crippen LogP contribution in [-0.2, 0) is 0 Å². The van der Waals surface area contributed by atoms with Crippen LogP contribution in [0.4, 0.5) is 4.39 Å². The van der Waals surface area contributed by atoms with Crippen LogP contribution in [0.3, 0.4) is 0 Å². The molecule has 0 saturated carbocycles. The Hall–Kier alpha value is -1.22. The summed E-state index contributed by atoms with van der Waals surface area (Å²) in [7, 11) is 0. The van der Waals surface area contributed by atoms with Crippen LogP contribution in [0.5, 0.6) is 0 Å². The van der Waals surface area contributed by atoms with Crippen molar-refractivity contribution >= 4 is 0 Å². The second-order valence-corrected chi connectivity index (χ2v) is 3.41. The van der Waals surface area contributed by atoms with Gasteiger partial charge in [0.1, 0.15) is 5.82 Å². The van der Waals surface area contributed by atoms with Gasteiger partial charge in [-0.05, 0) is 31.0 Å². The van der Waals surface area contributed by atoms with Crippen LogP contribution in [0.25, 0.3) is 0 Å². The summed E-state index contributed by atoms with van der Waals surface area (Å²) in [5.41, 5.74) is 0.902. The molecule has 82 valence electrons. The van der Waals surface area contributed by atoms with Gasteiger partial charge in [-0.25, -0.2) is 4.39 Å². The van der Waals surface area contributed by atoms with Crippen molar-refractivity contribution in [2.75, 3.05) is 6.54 Å². The standard InChI is InChI=1S/C12H17FN2/c1-3-5-6-12(15-4-2)10-7-11(13)9-14-8-10/h3,7-9,12,15H,1,4-6H2,2H3. The predicted molar refractivity (Wildman–Crippen MR) is 60.0 cm³/mol. The lowest BCUT2D eigenvalue weighted by atomic mass is 10.0. The molecule has 1 rings (SSSR count). The van der Waals surface area contributed by atoms with Gasteiger partial charge in [-0.15, -0.1) is 6.58 Å². The number of halogens is 1. The molecule has 0 aliphatic heterocycles. The zero-order valence-corrected chi connectivity index (χ0v) is 9.04. The number of hydrogen-bond acceptors (Lipinski definition) is 2. The highest BCUT2D eigenvalue weighted by atomic mass is 19.1. The maximum atomic E-state index is 13.0. The summed E-state index contributed by atoms with van der Waals surface area (Å²) in [6.07, 6.45) is 6.63. The van der Waals surface area contributed by atoms with Crippen LogP contribution in [0.1, 0.15) is 31.4 Å². The number of hydrogen-bond donors (Lipinski definition) is 1. The number of pyridine rings is 1. The Morgan fingerprint density at radius 1 is 1.60 bits per heavy atom. The van der Waals surface area contributed by atoms with Crippen molar-refractivity contribution in [2.45, 2.75) is 25.8 Å². The van der Waals surface area contributed by atoms with Gasteiger partial charge in [-0.3, -0.25) is 4.98 Å². The van der Waals surface area contributed by atoms with Crippen LogP contribution in [0.15, 0.2) is 31.1 Å². The monoisotopic (exact) mass is 208 g/mol. The first kappa shape index (κ1) is 11.9. The lowest BCUT2D eigenvalue weighted by Crippen LogP contribution is -2.21. The van der Waals surface area contributed by atoms with E-state index in [9.17, 15) is 4.39 Å². The molecule has 0 spiro atoms. The number of nitrogens with zero attached hydrogens (tertiary/aromatic N) is 1. The summed E-state index contributed by atoms with van der Waals surface area (Å²) in [5.74, 6) is -0.283. The third kappa shape index (κ3) is 3.80. The summed E-state index contributed by atoms with van der Waals surface area (Å²) in [4.78, 5) is 3.85. The van der Waals surface area contributed by atoms with E-state index in [-0.39, 0.29) is 11.9 Å². The molecule has 1 heterocycles. The molecule has 0 radical (unpaired) electrons. The third-order valence-corrected chi connectivity index (χ3v) is 2.24. The van der Waals surface area contributed by atoms with Gasteiger partial charge in [-0.1, -0.05) is 13.0 Å². The summed E-state index contributed by atoms with van der Waals surface area (Å²) in [6.45, 7) is 6.58. The molecular formula is C12H17FN2. The third-order valence-electron chi connectivity index (χ3n) is 2.24. The van der Waals surface area contributed by atoms with Gasteiger partial charge in [0, 0.05) is 12.2 Å². The van der Waals surface area contributed by atoms with E-state index >= 15 is 0 Å². The Bertz CT molecular complexity index is 312. The average Bonchev–Trinajstić information content (AvgIpc) is 2.24. The van der Waals surface area contributed by atoms with Crippen molar-refractivity contribution in [1.82, 2.24) is 10.3 Å². The Kier molecular flexibility index (Phi) is 4.98. The van der Waals surface area contributed by atoms with E-state index in [4.69, 9.17) is 0 Å². The van der Waals surface area contributed by atoms with E-state index < -0.39 is 0 Å². The fourth-order valence-corrected chi connectivity index (χ4v) is 1.54. The molecule has 15 heavy (non-hydrogen) atoms. The van der Waals surface area contributed by atoms with Crippen LogP contribution >= 0.6 is 0 Å². The van der Waals surface area contributed by atoms with Gasteiger partial charge in [-0.2, -0.15) is 0 Å². The Balaban J connectivity index is 2.73. The maximum Gasteiger partial charge on any atom is 0.141 e. The summed E-state index contributed by atoms with van der Waals surface area (Å²) < 4.78 is 13.0. The van der Waals surface area contributed by atoms with Crippen LogP contribution < -0.4 is 5.32 Å². The quantitative estimate of drug-likeness (QED) is 0.727. The van der Waals surface area contributed by atoms with Crippen LogP contribution in [0, 0.1) is 5.82 Å². The van der Waals surface area contributed by atoms with Crippen LogP contribution in [0.2, 0.25) is 0 Å². The second-order valence-electron chi connectivity index (χ2n) is 3.41. The molecular weight excluding hydrogens is 191 g/mol. The molecule has 2 nitrogen and oxygen atoms in total. The first-order chi connectivity index (χ1) is 7.27. The summed E-state index contributed by atoms with van der Waals surface area (Å²) in [5, 5.41) is 3.31. The molecule has 1 aromatic rings. The highest BCUT2D eigenvalue weighted by molar-refractivity contribution is 5.15. The number of allylic oxidation sites excluding steroid dienone is 1. The Morgan fingerprint density at radius 3 is 3.00 bits per heavy atom. The fourth-order valence-electron chi connectivity index (χ4n) is 1.54. The van der Waals surface area contributed by atoms with Crippen molar-refractivity contribution in [1.29, 1.82) is 0 Å². The van der Waals surface area contributed by atoms with Gasteiger partial charge in [0.2, 0.25) is 0 Å². The molecule has 0 saturated heterocycles. The van der Waals surface area contributed by atoms with Gasteiger partial charge >= 0.3 is 0 Å². The molecule has 0 fully saturated rings. The highest BCUT2D eigenvalue weighted by Gasteiger charge is 2.10. The molecule has 1 aromatic heterocycles. The largest absolute Gasteiger partial charge is 0.310 e. The summed E-state index contributed by atoms with van der Waals surface area (Å²) >= 11 is 0.